The number of nitrogens with one attached hydrogen (secondary N) is 2. The second kappa shape index (κ2) is 6.40. The second-order valence-electron chi connectivity index (χ2n) is 6.68. The highest BCUT2D eigenvalue weighted by molar-refractivity contribution is 5.91. The lowest BCUT2D eigenvalue weighted by atomic mass is 9.86. The van der Waals surface area contributed by atoms with Crippen LogP contribution in [0, 0.1) is 0 Å². The van der Waals surface area contributed by atoms with Crippen LogP contribution in [0.4, 0.5) is 5.69 Å². The van der Waals surface area contributed by atoms with Crippen molar-refractivity contribution >= 4 is 11.6 Å². The van der Waals surface area contributed by atoms with Crippen LogP contribution in [0.2, 0.25) is 0 Å². The molecule has 1 heterocycles. The van der Waals surface area contributed by atoms with Gasteiger partial charge < -0.3 is 10.6 Å². The maximum Gasteiger partial charge on any atom is 0.224 e. The van der Waals surface area contributed by atoms with Crippen LogP contribution in [-0.2, 0) is 10.2 Å². The average Bonchev–Trinajstić information content (AvgIpc) is 2.89. The molecule has 0 saturated carbocycles. The van der Waals surface area contributed by atoms with Crippen molar-refractivity contribution in [1.29, 1.82) is 0 Å². The third-order valence-electron chi connectivity index (χ3n) is 3.89. The highest BCUT2D eigenvalue weighted by Crippen LogP contribution is 2.29. The molecule has 1 amide bonds. The smallest absolute Gasteiger partial charge is 0.224 e. The Labute approximate surface area is 122 Å². The Kier molecular flexibility index (Phi) is 4.81. The molecule has 2 rings (SSSR count). The molecule has 0 aliphatic carbocycles. The number of rotatable bonds is 4. The topological polar surface area (TPSA) is 41.1 Å². The molecule has 0 spiro atoms. The zero-order valence-electron chi connectivity index (χ0n) is 12.8. The van der Waals surface area contributed by atoms with Gasteiger partial charge in [0.25, 0.3) is 0 Å². The predicted octanol–water partition coefficient (Wildman–Crippen LogP) is 3.45. The summed E-state index contributed by atoms with van der Waals surface area (Å²) in [4.78, 5) is 12.1. The zero-order valence-corrected chi connectivity index (χ0v) is 12.8. The van der Waals surface area contributed by atoms with E-state index in [2.05, 4.69) is 37.5 Å². The molecule has 0 bridgehead atoms. The van der Waals surface area contributed by atoms with Crippen LogP contribution in [0.15, 0.2) is 24.3 Å². The van der Waals surface area contributed by atoms with Gasteiger partial charge in [-0.2, -0.15) is 0 Å². The quantitative estimate of drug-likeness (QED) is 0.883. The Morgan fingerprint density at radius 1 is 1.35 bits per heavy atom. The van der Waals surface area contributed by atoms with Crippen LogP contribution < -0.4 is 10.6 Å². The molecule has 1 saturated heterocycles. The van der Waals surface area contributed by atoms with Gasteiger partial charge in [0.15, 0.2) is 0 Å². The van der Waals surface area contributed by atoms with Crippen LogP contribution in [0.25, 0.3) is 0 Å². The van der Waals surface area contributed by atoms with Crippen LogP contribution in [0.5, 0.6) is 0 Å². The highest BCUT2D eigenvalue weighted by atomic mass is 16.1. The molecule has 1 fully saturated rings. The molecule has 1 aromatic carbocycles. The number of anilines is 1. The molecule has 20 heavy (non-hydrogen) atoms. The maximum atomic E-state index is 12.1. The Morgan fingerprint density at radius 3 is 2.75 bits per heavy atom. The van der Waals surface area contributed by atoms with Gasteiger partial charge in [-0.05, 0) is 42.9 Å². The first-order chi connectivity index (χ1) is 9.47. The van der Waals surface area contributed by atoms with Gasteiger partial charge in [0.1, 0.15) is 0 Å². The molecule has 0 aromatic heterocycles. The first-order valence-electron chi connectivity index (χ1n) is 7.59. The normalized spacial score (nSPS) is 19.1. The molecule has 1 unspecified atom stereocenters. The van der Waals surface area contributed by atoms with Crippen molar-refractivity contribution < 1.29 is 4.79 Å². The summed E-state index contributed by atoms with van der Waals surface area (Å²) in [5.74, 6) is 0.121. The minimum Gasteiger partial charge on any atom is -0.326 e. The van der Waals surface area contributed by atoms with Gasteiger partial charge in [-0.15, -0.1) is 0 Å². The molecule has 1 aromatic rings. The van der Waals surface area contributed by atoms with E-state index in [1.165, 1.54) is 18.4 Å². The van der Waals surface area contributed by atoms with E-state index in [0.717, 1.165) is 18.7 Å². The molecule has 2 N–H and O–H groups in total. The van der Waals surface area contributed by atoms with E-state index in [1.54, 1.807) is 0 Å². The molecule has 1 aliphatic rings. The molecular weight excluding hydrogens is 248 g/mol. The molecule has 0 radical (unpaired) electrons. The van der Waals surface area contributed by atoms with Crippen LogP contribution in [0.3, 0.4) is 0 Å². The van der Waals surface area contributed by atoms with Gasteiger partial charge in [-0.25, -0.2) is 0 Å². The maximum absolute atomic E-state index is 12.1. The van der Waals surface area contributed by atoms with Crippen molar-refractivity contribution in [1.82, 2.24) is 5.32 Å². The fraction of sp³-hybridized carbons (Fsp3) is 0.588. The highest BCUT2D eigenvalue weighted by Gasteiger charge is 2.19. The van der Waals surface area contributed by atoms with Gasteiger partial charge in [0, 0.05) is 18.2 Å². The average molecular weight is 274 g/mol. The molecule has 110 valence electrons. The van der Waals surface area contributed by atoms with Crippen molar-refractivity contribution in [3.05, 3.63) is 29.8 Å². The van der Waals surface area contributed by atoms with Gasteiger partial charge in [0.2, 0.25) is 5.91 Å². The Hall–Kier alpha value is -1.35. The van der Waals surface area contributed by atoms with E-state index in [9.17, 15) is 4.79 Å². The number of carbonyl (C=O) groups excluding carboxylic acids is 1. The Morgan fingerprint density at radius 2 is 2.10 bits per heavy atom. The van der Waals surface area contributed by atoms with Gasteiger partial charge in [-0.3, -0.25) is 4.79 Å². The molecule has 3 heteroatoms. The Bertz CT molecular complexity index is 456. The Balaban J connectivity index is 1.93. The summed E-state index contributed by atoms with van der Waals surface area (Å²) in [7, 11) is 0. The number of hydrogen-bond donors (Lipinski definition) is 2. The first kappa shape index (κ1) is 15.0. The fourth-order valence-electron chi connectivity index (χ4n) is 2.77. The fourth-order valence-corrected chi connectivity index (χ4v) is 2.77. The lowest BCUT2D eigenvalue weighted by Gasteiger charge is -2.23. The summed E-state index contributed by atoms with van der Waals surface area (Å²) >= 11 is 0. The summed E-state index contributed by atoms with van der Waals surface area (Å²) in [5, 5.41) is 6.51. The minimum absolute atomic E-state index is 0.0386. The van der Waals surface area contributed by atoms with Crippen LogP contribution in [-0.4, -0.2) is 18.5 Å². The standard InChI is InChI=1S/C17H26N2O/c1-17(2,3)14-8-4-5-9-15(14)19-16(20)11-10-13-7-6-12-18-13/h4-5,8-9,13,18H,6-7,10-12H2,1-3H3,(H,19,20). The van der Waals surface area contributed by atoms with Gasteiger partial charge >= 0.3 is 0 Å². The number of benzene rings is 1. The van der Waals surface area contributed by atoms with Crippen molar-refractivity contribution in [3.63, 3.8) is 0 Å². The van der Waals surface area contributed by atoms with Crippen molar-refractivity contribution in [2.75, 3.05) is 11.9 Å². The first-order valence-corrected chi connectivity index (χ1v) is 7.59. The minimum atomic E-state index is 0.0386. The zero-order chi connectivity index (χ0) is 14.6. The van der Waals surface area contributed by atoms with Crippen LogP contribution in [0.1, 0.15) is 52.0 Å². The van der Waals surface area contributed by atoms with Crippen molar-refractivity contribution in [2.24, 2.45) is 0 Å². The number of carbonyl (C=O) groups is 1. The lowest BCUT2D eigenvalue weighted by Crippen LogP contribution is -2.24. The molecule has 1 aliphatic heterocycles. The van der Waals surface area contributed by atoms with E-state index in [0.29, 0.717) is 12.5 Å². The number of amides is 1. The molecule has 3 nitrogen and oxygen atoms in total. The van der Waals surface area contributed by atoms with E-state index in [4.69, 9.17) is 0 Å². The molecular formula is C17H26N2O. The SMILES string of the molecule is CC(C)(C)c1ccccc1NC(=O)CCC1CCCN1. The number of para-hydroxylation sites is 1. The summed E-state index contributed by atoms with van der Waals surface area (Å²) in [6.45, 7) is 7.60. The summed E-state index contributed by atoms with van der Waals surface area (Å²) in [6.07, 6.45) is 3.96. The third kappa shape index (κ3) is 4.07. The summed E-state index contributed by atoms with van der Waals surface area (Å²) in [5.41, 5.74) is 2.17. The van der Waals surface area contributed by atoms with Crippen molar-refractivity contribution in [3.8, 4) is 0 Å². The largest absolute Gasteiger partial charge is 0.326 e. The van der Waals surface area contributed by atoms with Crippen molar-refractivity contribution in [2.45, 2.75) is 57.9 Å². The predicted molar refractivity (Wildman–Crippen MR) is 84.0 cm³/mol. The second-order valence-corrected chi connectivity index (χ2v) is 6.68. The van der Waals surface area contributed by atoms with Gasteiger partial charge in [-0.1, -0.05) is 39.0 Å². The van der Waals surface area contributed by atoms with Crippen LogP contribution >= 0.6 is 0 Å². The molecule has 1 atom stereocenters. The summed E-state index contributed by atoms with van der Waals surface area (Å²) < 4.78 is 0. The third-order valence-corrected chi connectivity index (χ3v) is 3.89. The van der Waals surface area contributed by atoms with E-state index >= 15 is 0 Å². The number of hydrogen-bond acceptors (Lipinski definition) is 2. The van der Waals surface area contributed by atoms with E-state index < -0.39 is 0 Å². The van der Waals surface area contributed by atoms with E-state index in [-0.39, 0.29) is 11.3 Å². The lowest BCUT2D eigenvalue weighted by molar-refractivity contribution is -0.116. The monoisotopic (exact) mass is 274 g/mol. The van der Waals surface area contributed by atoms with E-state index in [1.807, 2.05) is 18.2 Å². The summed E-state index contributed by atoms with van der Waals surface area (Å²) in [6, 6.07) is 8.61. The van der Waals surface area contributed by atoms with Gasteiger partial charge in [0.05, 0.1) is 0 Å².